The van der Waals surface area contributed by atoms with E-state index >= 15 is 0 Å². The Morgan fingerprint density at radius 1 is 1.12 bits per heavy atom. The van der Waals surface area contributed by atoms with Crippen LogP contribution in [0.15, 0.2) is 24.3 Å². The first-order chi connectivity index (χ1) is 8.24. The number of hydrogen-bond donors (Lipinski definition) is 0. The van der Waals surface area contributed by atoms with Crippen molar-refractivity contribution in [2.75, 3.05) is 20.1 Å². The van der Waals surface area contributed by atoms with E-state index in [-0.39, 0.29) is 0 Å². The van der Waals surface area contributed by atoms with Gasteiger partial charge in [0.15, 0.2) is 0 Å². The van der Waals surface area contributed by atoms with Gasteiger partial charge in [0.2, 0.25) is 0 Å². The van der Waals surface area contributed by atoms with Gasteiger partial charge in [-0.3, -0.25) is 0 Å². The molecule has 0 unspecified atom stereocenters. The Bertz CT molecular complexity index is 305. The molecule has 2 nitrogen and oxygen atoms in total. The van der Waals surface area contributed by atoms with Crippen LogP contribution in [-0.2, 0) is 0 Å². The molecule has 2 rings (SSSR count). The number of benzene rings is 1. The van der Waals surface area contributed by atoms with Crippen molar-refractivity contribution in [2.45, 2.75) is 32.8 Å². The van der Waals surface area contributed by atoms with Crippen LogP contribution in [0.25, 0.3) is 0 Å². The first kappa shape index (κ1) is 14.1. The van der Waals surface area contributed by atoms with Crippen LogP contribution in [0, 0.1) is 0 Å². The van der Waals surface area contributed by atoms with Gasteiger partial charge in [0.25, 0.3) is 0 Å². The molecule has 0 aromatic heterocycles. The summed E-state index contributed by atoms with van der Waals surface area (Å²) in [6.45, 7) is 6.25. The zero-order chi connectivity index (χ0) is 12.7. The zero-order valence-corrected chi connectivity index (χ0v) is 11.1. The summed E-state index contributed by atoms with van der Waals surface area (Å²) in [7, 11) is 7.77. The molecule has 1 aromatic rings. The Balaban J connectivity index is 0.000000686. The molecule has 1 aliphatic heterocycles. The lowest BCUT2D eigenvalue weighted by molar-refractivity contribution is 0.114. The van der Waals surface area contributed by atoms with E-state index in [1.165, 1.54) is 0 Å². The van der Waals surface area contributed by atoms with Crippen molar-refractivity contribution in [3.05, 3.63) is 24.3 Å². The fraction of sp³-hybridized carbons (Fsp3) is 0.571. The molecular weight excluding hydrogens is 209 g/mol. The van der Waals surface area contributed by atoms with Crippen molar-refractivity contribution in [3.63, 3.8) is 0 Å². The van der Waals surface area contributed by atoms with Crippen molar-refractivity contribution in [3.8, 4) is 5.75 Å². The van der Waals surface area contributed by atoms with Crippen molar-refractivity contribution < 1.29 is 4.74 Å². The van der Waals surface area contributed by atoms with E-state index in [2.05, 4.69) is 11.9 Å². The quantitative estimate of drug-likeness (QED) is 0.721. The number of hydrogen-bond acceptors (Lipinski definition) is 2. The second-order valence-corrected chi connectivity index (χ2v) is 4.19. The molecule has 0 bridgehead atoms. The molecule has 0 atom stereocenters. The van der Waals surface area contributed by atoms with Crippen molar-refractivity contribution in [1.82, 2.24) is 4.90 Å². The summed E-state index contributed by atoms with van der Waals surface area (Å²) < 4.78 is 5.88. The average molecular weight is 231 g/mol. The van der Waals surface area contributed by atoms with E-state index in [9.17, 15) is 0 Å². The third-order valence-corrected chi connectivity index (χ3v) is 2.85. The molecular formula is C14H22BNO. The molecule has 0 amide bonds. The third-order valence-electron chi connectivity index (χ3n) is 2.85. The van der Waals surface area contributed by atoms with Gasteiger partial charge in [-0.05, 0) is 32.0 Å². The molecule has 1 fully saturated rings. The normalized spacial score (nSPS) is 17.1. The lowest BCUT2D eigenvalue weighted by Crippen LogP contribution is -2.35. The summed E-state index contributed by atoms with van der Waals surface area (Å²) in [5.74, 6) is 0.929. The molecule has 0 spiro atoms. The fourth-order valence-electron chi connectivity index (χ4n) is 1.84. The minimum Gasteiger partial charge on any atom is -0.490 e. The van der Waals surface area contributed by atoms with Gasteiger partial charge in [-0.2, -0.15) is 0 Å². The number of likely N-dealkylation sites (tertiary alicyclic amines) is 1. The minimum atomic E-state index is 0.366. The monoisotopic (exact) mass is 231 g/mol. The third kappa shape index (κ3) is 4.82. The number of rotatable bonds is 2. The lowest BCUT2D eigenvalue weighted by Gasteiger charge is -2.29. The van der Waals surface area contributed by atoms with E-state index < -0.39 is 0 Å². The van der Waals surface area contributed by atoms with E-state index in [0.717, 1.165) is 37.1 Å². The number of ether oxygens (including phenoxy) is 1. The first-order valence-electron chi connectivity index (χ1n) is 6.45. The highest BCUT2D eigenvalue weighted by atomic mass is 16.5. The van der Waals surface area contributed by atoms with Crippen LogP contribution >= 0.6 is 0 Å². The first-order valence-corrected chi connectivity index (χ1v) is 6.45. The Morgan fingerprint density at radius 3 is 2.18 bits per heavy atom. The van der Waals surface area contributed by atoms with E-state index in [1.54, 1.807) is 0 Å². The molecule has 3 heteroatoms. The highest BCUT2D eigenvalue weighted by molar-refractivity contribution is 6.32. The standard InChI is InChI=1S/C12H16BNO.C2H6/c1-14-8-6-12(7-9-14)15-11-4-2-10(13)3-5-11;1-2/h2-5,12H,6-9H2,1H3;1-2H3. The van der Waals surface area contributed by atoms with Crippen LogP contribution in [0.4, 0.5) is 0 Å². The lowest BCUT2D eigenvalue weighted by atomic mass is 9.97. The van der Waals surface area contributed by atoms with Gasteiger partial charge in [0, 0.05) is 13.1 Å². The van der Waals surface area contributed by atoms with Crippen molar-refractivity contribution in [1.29, 1.82) is 0 Å². The maximum absolute atomic E-state index is 5.88. The Morgan fingerprint density at radius 2 is 1.65 bits per heavy atom. The molecule has 17 heavy (non-hydrogen) atoms. The van der Waals surface area contributed by atoms with Gasteiger partial charge in [-0.15, -0.1) is 0 Å². The van der Waals surface area contributed by atoms with Crippen LogP contribution < -0.4 is 10.2 Å². The molecule has 0 aliphatic carbocycles. The van der Waals surface area contributed by atoms with Crippen molar-refractivity contribution >= 4 is 13.3 Å². The minimum absolute atomic E-state index is 0.366. The summed E-state index contributed by atoms with van der Waals surface area (Å²) in [5, 5.41) is 0. The van der Waals surface area contributed by atoms with Gasteiger partial charge in [-0.1, -0.05) is 31.4 Å². The highest BCUT2D eigenvalue weighted by Crippen LogP contribution is 2.17. The maximum atomic E-state index is 5.88. The molecule has 1 saturated heterocycles. The Kier molecular flexibility index (Phi) is 6.13. The predicted molar refractivity (Wildman–Crippen MR) is 74.3 cm³/mol. The average Bonchev–Trinajstić information content (AvgIpc) is 2.37. The van der Waals surface area contributed by atoms with E-state index in [0.29, 0.717) is 6.10 Å². The van der Waals surface area contributed by atoms with Crippen LogP contribution in [0.1, 0.15) is 26.7 Å². The Labute approximate surface area is 106 Å². The smallest absolute Gasteiger partial charge is 0.119 e. The SMILES string of the molecule is CC.[B]c1ccc(OC2CCN(C)CC2)cc1. The number of piperidine rings is 1. The summed E-state index contributed by atoms with van der Waals surface area (Å²) in [5.41, 5.74) is 0.783. The summed E-state index contributed by atoms with van der Waals surface area (Å²) in [6, 6.07) is 7.63. The maximum Gasteiger partial charge on any atom is 0.119 e. The topological polar surface area (TPSA) is 12.5 Å². The van der Waals surface area contributed by atoms with Crippen LogP contribution in [0.3, 0.4) is 0 Å². The summed E-state index contributed by atoms with van der Waals surface area (Å²) in [4.78, 5) is 2.34. The van der Waals surface area contributed by atoms with Gasteiger partial charge < -0.3 is 9.64 Å². The van der Waals surface area contributed by atoms with Gasteiger partial charge in [0.05, 0.1) is 0 Å². The molecule has 1 aliphatic rings. The van der Waals surface area contributed by atoms with Gasteiger partial charge in [-0.25, -0.2) is 0 Å². The van der Waals surface area contributed by atoms with Crippen LogP contribution in [0.5, 0.6) is 5.75 Å². The molecule has 0 N–H and O–H groups in total. The molecule has 0 saturated carbocycles. The molecule has 92 valence electrons. The highest BCUT2D eigenvalue weighted by Gasteiger charge is 2.17. The zero-order valence-electron chi connectivity index (χ0n) is 11.1. The second kappa shape index (κ2) is 7.39. The van der Waals surface area contributed by atoms with Crippen LogP contribution in [0.2, 0.25) is 0 Å². The molecule has 2 radical (unpaired) electrons. The molecule has 1 heterocycles. The summed E-state index contributed by atoms with van der Waals surface area (Å²) in [6.07, 6.45) is 2.59. The largest absolute Gasteiger partial charge is 0.490 e. The van der Waals surface area contributed by atoms with E-state index in [4.69, 9.17) is 12.6 Å². The van der Waals surface area contributed by atoms with Crippen LogP contribution in [-0.4, -0.2) is 39.0 Å². The summed E-state index contributed by atoms with van der Waals surface area (Å²) >= 11 is 0. The Hall–Kier alpha value is -0.955. The second-order valence-electron chi connectivity index (χ2n) is 4.19. The van der Waals surface area contributed by atoms with E-state index in [1.807, 2.05) is 38.1 Å². The number of nitrogens with zero attached hydrogens (tertiary/aromatic N) is 1. The predicted octanol–water partition coefficient (Wildman–Crippen LogP) is 1.98. The fourth-order valence-corrected chi connectivity index (χ4v) is 1.84. The van der Waals surface area contributed by atoms with Gasteiger partial charge in [0.1, 0.15) is 19.7 Å². The molecule has 1 aromatic carbocycles. The van der Waals surface area contributed by atoms with Gasteiger partial charge >= 0.3 is 0 Å². The van der Waals surface area contributed by atoms with Crippen molar-refractivity contribution in [2.24, 2.45) is 0 Å².